The molecule has 0 fully saturated rings. The first kappa shape index (κ1) is 8.64. The first-order valence-corrected chi connectivity index (χ1v) is 3.99. The lowest BCUT2D eigenvalue weighted by Crippen LogP contribution is -1.99. The van der Waals surface area contributed by atoms with Gasteiger partial charge in [0.2, 0.25) is 0 Å². The van der Waals surface area contributed by atoms with E-state index < -0.39 is 5.97 Å². The Kier molecular flexibility index (Phi) is 1.90. The Morgan fingerprint density at radius 2 is 2.43 bits per heavy atom. The molecule has 0 amide bonds. The largest absolute Gasteiger partial charge is 0.478 e. The van der Waals surface area contributed by atoms with Gasteiger partial charge in [0, 0.05) is 6.20 Å². The average molecular weight is 192 g/mol. The fourth-order valence-corrected chi connectivity index (χ4v) is 1.15. The molecule has 2 rings (SSSR count). The molecule has 2 aromatic rings. The van der Waals surface area contributed by atoms with Crippen molar-refractivity contribution in [2.75, 3.05) is 0 Å². The molecule has 0 atom stereocenters. The summed E-state index contributed by atoms with van der Waals surface area (Å²) in [6.45, 7) is 0.240. The number of rotatable bonds is 2. The van der Waals surface area contributed by atoms with E-state index in [1.165, 1.54) is 16.6 Å². The molecule has 2 heterocycles. The highest BCUT2D eigenvalue weighted by Gasteiger charge is 2.06. The summed E-state index contributed by atoms with van der Waals surface area (Å²) in [4.78, 5) is 14.7. The van der Waals surface area contributed by atoms with Crippen LogP contribution in [0.5, 0.6) is 0 Å². The number of aromatic carboxylic acids is 1. The Morgan fingerprint density at radius 3 is 3.07 bits per heavy atom. The number of hydrogen-bond acceptors (Lipinski definition) is 4. The van der Waals surface area contributed by atoms with Gasteiger partial charge in [-0.05, 0) is 12.1 Å². The van der Waals surface area contributed by atoms with Crippen LogP contribution in [-0.4, -0.2) is 25.7 Å². The van der Waals surface area contributed by atoms with E-state index in [4.69, 9.17) is 10.8 Å². The van der Waals surface area contributed by atoms with Crippen molar-refractivity contribution in [3.8, 4) is 0 Å². The monoisotopic (exact) mass is 192 g/mol. The SMILES string of the molecule is NCc1nc2cc(C(=O)O)ccn2n1. The zero-order valence-corrected chi connectivity index (χ0v) is 7.21. The first-order chi connectivity index (χ1) is 6.70. The highest BCUT2D eigenvalue weighted by Crippen LogP contribution is 2.05. The number of carboxylic acids is 1. The molecule has 0 radical (unpaired) electrons. The maximum atomic E-state index is 10.6. The van der Waals surface area contributed by atoms with Crippen LogP contribution in [0.3, 0.4) is 0 Å². The number of carbonyl (C=O) groups is 1. The van der Waals surface area contributed by atoms with Gasteiger partial charge < -0.3 is 10.8 Å². The van der Waals surface area contributed by atoms with E-state index in [0.29, 0.717) is 11.5 Å². The van der Waals surface area contributed by atoms with Crippen LogP contribution >= 0.6 is 0 Å². The summed E-state index contributed by atoms with van der Waals surface area (Å²) in [5, 5.41) is 12.7. The van der Waals surface area contributed by atoms with Crippen LogP contribution in [0, 0.1) is 0 Å². The number of pyridine rings is 1. The molecule has 0 aliphatic carbocycles. The summed E-state index contributed by atoms with van der Waals surface area (Å²) in [6, 6.07) is 2.92. The van der Waals surface area contributed by atoms with Gasteiger partial charge in [-0.2, -0.15) is 0 Å². The standard InChI is InChI=1S/C8H8N4O2/c9-4-6-10-7-3-5(8(13)14)1-2-12(7)11-6/h1-3H,4,9H2,(H,13,14). The Labute approximate surface area is 79.0 Å². The van der Waals surface area contributed by atoms with Gasteiger partial charge in [-0.15, -0.1) is 5.10 Å². The maximum absolute atomic E-state index is 10.6. The molecule has 0 saturated heterocycles. The van der Waals surface area contributed by atoms with Gasteiger partial charge in [0.25, 0.3) is 0 Å². The molecule has 0 aromatic carbocycles. The molecule has 2 aromatic heterocycles. The summed E-state index contributed by atoms with van der Waals surface area (Å²) >= 11 is 0. The predicted octanol–water partition coefficient (Wildman–Crippen LogP) is -0.114. The van der Waals surface area contributed by atoms with Crippen molar-refractivity contribution in [2.24, 2.45) is 5.73 Å². The Bertz CT molecular complexity index is 491. The smallest absolute Gasteiger partial charge is 0.335 e. The van der Waals surface area contributed by atoms with Crippen molar-refractivity contribution in [1.82, 2.24) is 14.6 Å². The van der Waals surface area contributed by atoms with E-state index in [-0.39, 0.29) is 12.1 Å². The van der Waals surface area contributed by atoms with E-state index in [1.54, 1.807) is 6.20 Å². The summed E-state index contributed by atoms with van der Waals surface area (Å²) in [5.74, 6) is -0.489. The van der Waals surface area contributed by atoms with Crippen LogP contribution in [0.1, 0.15) is 16.2 Å². The zero-order chi connectivity index (χ0) is 10.1. The third-order valence-corrected chi connectivity index (χ3v) is 1.81. The van der Waals surface area contributed by atoms with E-state index in [9.17, 15) is 4.79 Å². The lowest BCUT2D eigenvalue weighted by molar-refractivity contribution is 0.0697. The molecule has 0 aliphatic rings. The second-order valence-corrected chi connectivity index (χ2v) is 2.76. The Morgan fingerprint density at radius 1 is 1.64 bits per heavy atom. The molecule has 0 unspecified atom stereocenters. The van der Waals surface area contributed by atoms with Crippen molar-refractivity contribution < 1.29 is 9.90 Å². The third-order valence-electron chi connectivity index (χ3n) is 1.81. The van der Waals surface area contributed by atoms with Crippen LogP contribution < -0.4 is 5.73 Å². The second-order valence-electron chi connectivity index (χ2n) is 2.76. The van der Waals surface area contributed by atoms with E-state index in [2.05, 4.69) is 10.1 Å². The summed E-state index contributed by atoms with van der Waals surface area (Å²) in [5.41, 5.74) is 6.04. The average Bonchev–Trinajstić information content (AvgIpc) is 2.58. The van der Waals surface area contributed by atoms with Gasteiger partial charge in [-0.25, -0.2) is 14.3 Å². The zero-order valence-electron chi connectivity index (χ0n) is 7.21. The van der Waals surface area contributed by atoms with Crippen molar-refractivity contribution in [1.29, 1.82) is 0 Å². The molecule has 72 valence electrons. The van der Waals surface area contributed by atoms with Gasteiger partial charge in [-0.1, -0.05) is 0 Å². The van der Waals surface area contributed by atoms with Crippen LogP contribution in [0.25, 0.3) is 5.65 Å². The molecule has 6 heteroatoms. The molecule has 0 bridgehead atoms. The molecular weight excluding hydrogens is 184 g/mol. The van der Waals surface area contributed by atoms with Crippen LogP contribution in [0.4, 0.5) is 0 Å². The molecule has 6 nitrogen and oxygen atoms in total. The van der Waals surface area contributed by atoms with Gasteiger partial charge in [0.15, 0.2) is 11.5 Å². The van der Waals surface area contributed by atoms with Crippen LogP contribution in [0.2, 0.25) is 0 Å². The number of hydrogen-bond donors (Lipinski definition) is 2. The fourth-order valence-electron chi connectivity index (χ4n) is 1.15. The summed E-state index contributed by atoms with van der Waals surface area (Å²) in [6.07, 6.45) is 1.55. The molecule has 3 N–H and O–H groups in total. The third kappa shape index (κ3) is 1.31. The Hall–Kier alpha value is -1.95. The van der Waals surface area contributed by atoms with Crippen LogP contribution in [-0.2, 0) is 6.54 Å². The number of carboxylic acid groups (broad SMARTS) is 1. The number of fused-ring (bicyclic) bond motifs is 1. The minimum Gasteiger partial charge on any atom is -0.478 e. The quantitative estimate of drug-likeness (QED) is 0.692. The fraction of sp³-hybridized carbons (Fsp3) is 0.125. The lowest BCUT2D eigenvalue weighted by Gasteiger charge is -1.93. The van der Waals surface area contributed by atoms with Gasteiger partial charge in [0.05, 0.1) is 12.1 Å². The number of nitrogens with two attached hydrogens (primary N) is 1. The van der Waals surface area contributed by atoms with Gasteiger partial charge in [0.1, 0.15) is 0 Å². The second kappa shape index (κ2) is 3.08. The molecule has 0 saturated carbocycles. The highest BCUT2D eigenvalue weighted by atomic mass is 16.4. The van der Waals surface area contributed by atoms with Crippen molar-refractivity contribution >= 4 is 11.6 Å². The van der Waals surface area contributed by atoms with Gasteiger partial charge >= 0.3 is 5.97 Å². The van der Waals surface area contributed by atoms with Crippen molar-refractivity contribution in [3.05, 3.63) is 29.7 Å². The lowest BCUT2D eigenvalue weighted by atomic mass is 10.3. The number of aromatic nitrogens is 3. The summed E-state index contributed by atoms with van der Waals surface area (Å²) < 4.78 is 1.49. The normalized spacial score (nSPS) is 10.6. The van der Waals surface area contributed by atoms with E-state index >= 15 is 0 Å². The molecule has 14 heavy (non-hydrogen) atoms. The first-order valence-electron chi connectivity index (χ1n) is 3.99. The van der Waals surface area contributed by atoms with E-state index in [0.717, 1.165) is 0 Å². The predicted molar refractivity (Wildman–Crippen MR) is 47.8 cm³/mol. The Balaban J connectivity index is 2.59. The van der Waals surface area contributed by atoms with Crippen LogP contribution in [0.15, 0.2) is 18.3 Å². The molecule has 0 spiro atoms. The van der Waals surface area contributed by atoms with Gasteiger partial charge in [-0.3, -0.25) is 0 Å². The van der Waals surface area contributed by atoms with Crippen molar-refractivity contribution in [3.63, 3.8) is 0 Å². The molecular formula is C8H8N4O2. The maximum Gasteiger partial charge on any atom is 0.335 e. The minimum absolute atomic E-state index is 0.188. The summed E-state index contributed by atoms with van der Waals surface area (Å²) in [7, 11) is 0. The number of nitrogens with zero attached hydrogens (tertiary/aromatic N) is 3. The topological polar surface area (TPSA) is 93.5 Å². The minimum atomic E-state index is -0.982. The molecule has 0 aliphatic heterocycles. The highest BCUT2D eigenvalue weighted by molar-refractivity contribution is 5.88. The van der Waals surface area contributed by atoms with Crippen molar-refractivity contribution in [2.45, 2.75) is 6.54 Å². The van der Waals surface area contributed by atoms with E-state index in [1.807, 2.05) is 0 Å².